The standard InChI is InChI=1S/C11H22OS.C2H6/c1-2-3-4-5-6-7-8-9-10-11(12)13;1-2/h2-10H2,1H3,(H,12,13);1-2H3. The molecule has 0 aliphatic carbocycles. The first-order valence-electron chi connectivity index (χ1n) is 6.49. The molecule has 0 aliphatic heterocycles. The SMILES string of the molecule is CC.CCCCCCCCCCC(=O)S. The summed E-state index contributed by atoms with van der Waals surface area (Å²) >= 11 is 3.73. The number of rotatable bonds is 9. The molecule has 0 aromatic carbocycles. The zero-order valence-corrected chi connectivity index (χ0v) is 11.6. The third-order valence-electron chi connectivity index (χ3n) is 2.24. The molecule has 0 aliphatic rings. The minimum absolute atomic E-state index is 0.0333. The van der Waals surface area contributed by atoms with E-state index in [2.05, 4.69) is 19.6 Å². The monoisotopic (exact) mass is 232 g/mol. The number of thiol groups is 1. The Labute approximate surface area is 101 Å². The first-order valence-corrected chi connectivity index (χ1v) is 6.94. The molecule has 0 unspecified atom stereocenters. The second-order valence-corrected chi connectivity index (χ2v) is 4.12. The van der Waals surface area contributed by atoms with Gasteiger partial charge in [-0.05, 0) is 6.42 Å². The van der Waals surface area contributed by atoms with Crippen molar-refractivity contribution in [3.05, 3.63) is 0 Å². The Kier molecular flexibility index (Phi) is 19.1. The Morgan fingerprint density at radius 2 is 1.27 bits per heavy atom. The molecule has 0 spiro atoms. The number of carbonyl (C=O) groups is 1. The van der Waals surface area contributed by atoms with E-state index in [4.69, 9.17) is 0 Å². The molecule has 2 heteroatoms. The van der Waals surface area contributed by atoms with Gasteiger partial charge in [0.15, 0.2) is 5.12 Å². The predicted molar refractivity (Wildman–Crippen MR) is 72.6 cm³/mol. The topological polar surface area (TPSA) is 17.1 Å². The molecule has 92 valence electrons. The van der Waals surface area contributed by atoms with Crippen LogP contribution >= 0.6 is 12.6 Å². The summed E-state index contributed by atoms with van der Waals surface area (Å²) in [5.41, 5.74) is 0. The zero-order valence-electron chi connectivity index (χ0n) is 10.7. The minimum atomic E-state index is 0.0333. The number of hydrogen-bond donors (Lipinski definition) is 1. The van der Waals surface area contributed by atoms with Crippen LogP contribution in [0.25, 0.3) is 0 Å². The third-order valence-corrected chi connectivity index (χ3v) is 2.47. The van der Waals surface area contributed by atoms with Gasteiger partial charge in [-0.2, -0.15) is 0 Å². The van der Waals surface area contributed by atoms with Crippen molar-refractivity contribution in [2.75, 3.05) is 0 Å². The van der Waals surface area contributed by atoms with Gasteiger partial charge in [-0.3, -0.25) is 4.79 Å². The predicted octanol–water partition coefficient (Wildman–Crippen LogP) is 5.00. The highest BCUT2D eigenvalue weighted by Gasteiger charge is 1.94. The summed E-state index contributed by atoms with van der Waals surface area (Å²) in [5, 5.41) is 0.0333. The lowest BCUT2D eigenvalue weighted by Gasteiger charge is -1.99. The van der Waals surface area contributed by atoms with Crippen LogP contribution < -0.4 is 0 Å². The molecular weight excluding hydrogens is 204 g/mol. The largest absolute Gasteiger partial charge is 0.288 e. The van der Waals surface area contributed by atoms with Gasteiger partial charge in [0.2, 0.25) is 0 Å². The van der Waals surface area contributed by atoms with E-state index in [1.54, 1.807) is 0 Å². The Bertz CT molecular complexity index is 124. The summed E-state index contributed by atoms with van der Waals surface area (Å²) in [4.78, 5) is 10.5. The number of unbranched alkanes of at least 4 members (excludes halogenated alkanes) is 7. The van der Waals surface area contributed by atoms with Crippen molar-refractivity contribution in [2.45, 2.75) is 78.6 Å². The Morgan fingerprint density at radius 3 is 1.67 bits per heavy atom. The van der Waals surface area contributed by atoms with E-state index in [1.165, 1.54) is 44.9 Å². The van der Waals surface area contributed by atoms with Crippen LogP contribution in [0, 0.1) is 0 Å². The minimum Gasteiger partial charge on any atom is -0.288 e. The smallest absolute Gasteiger partial charge is 0.185 e. The quantitative estimate of drug-likeness (QED) is 0.437. The first kappa shape index (κ1) is 17.4. The Morgan fingerprint density at radius 1 is 0.867 bits per heavy atom. The summed E-state index contributed by atoms with van der Waals surface area (Å²) in [6, 6.07) is 0. The van der Waals surface area contributed by atoms with Crippen LogP contribution in [0.15, 0.2) is 0 Å². The van der Waals surface area contributed by atoms with Crippen molar-refractivity contribution >= 4 is 17.7 Å². The van der Waals surface area contributed by atoms with Gasteiger partial charge in [0.25, 0.3) is 0 Å². The van der Waals surface area contributed by atoms with E-state index >= 15 is 0 Å². The second kappa shape index (κ2) is 16.4. The normalized spacial score (nSPS) is 9.33. The van der Waals surface area contributed by atoms with E-state index in [1.807, 2.05) is 13.8 Å². The highest BCUT2D eigenvalue weighted by Crippen LogP contribution is 2.09. The molecule has 15 heavy (non-hydrogen) atoms. The van der Waals surface area contributed by atoms with Crippen molar-refractivity contribution in [2.24, 2.45) is 0 Å². The fourth-order valence-corrected chi connectivity index (χ4v) is 1.57. The van der Waals surface area contributed by atoms with Crippen molar-refractivity contribution in [1.82, 2.24) is 0 Å². The molecule has 0 aromatic rings. The van der Waals surface area contributed by atoms with E-state index < -0.39 is 0 Å². The van der Waals surface area contributed by atoms with Crippen molar-refractivity contribution in [3.63, 3.8) is 0 Å². The molecule has 0 rings (SSSR count). The van der Waals surface area contributed by atoms with Gasteiger partial charge >= 0.3 is 0 Å². The van der Waals surface area contributed by atoms with Crippen molar-refractivity contribution in [3.8, 4) is 0 Å². The fourth-order valence-electron chi connectivity index (χ4n) is 1.41. The molecule has 0 saturated heterocycles. The van der Waals surface area contributed by atoms with Crippen molar-refractivity contribution in [1.29, 1.82) is 0 Å². The van der Waals surface area contributed by atoms with Crippen LogP contribution in [0.1, 0.15) is 78.6 Å². The molecule has 0 N–H and O–H groups in total. The third kappa shape index (κ3) is 20.2. The summed E-state index contributed by atoms with van der Waals surface area (Å²) in [7, 11) is 0. The van der Waals surface area contributed by atoms with Gasteiger partial charge in [-0.25, -0.2) is 0 Å². The molecule has 0 amide bonds. The molecule has 0 saturated carbocycles. The summed E-state index contributed by atoms with van der Waals surface area (Å²) in [6.45, 7) is 6.23. The number of carbonyl (C=O) groups excluding carboxylic acids is 1. The van der Waals surface area contributed by atoms with Crippen LogP contribution in [-0.2, 0) is 4.79 Å². The van der Waals surface area contributed by atoms with Crippen LogP contribution in [-0.4, -0.2) is 5.12 Å². The van der Waals surface area contributed by atoms with Crippen LogP contribution in [0.2, 0.25) is 0 Å². The Balaban J connectivity index is 0. The van der Waals surface area contributed by atoms with Crippen LogP contribution in [0.5, 0.6) is 0 Å². The second-order valence-electron chi connectivity index (χ2n) is 3.62. The molecular formula is C13H28OS. The average Bonchev–Trinajstić information content (AvgIpc) is 2.24. The average molecular weight is 232 g/mol. The molecule has 0 radical (unpaired) electrons. The maximum Gasteiger partial charge on any atom is 0.185 e. The zero-order chi connectivity index (χ0) is 11.9. The van der Waals surface area contributed by atoms with E-state index in [-0.39, 0.29) is 5.12 Å². The highest BCUT2D eigenvalue weighted by molar-refractivity contribution is 7.96. The Hall–Kier alpha value is 0.0200. The van der Waals surface area contributed by atoms with Gasteiger partial charge in [-0.15, -0.1) is 12.6 Å². The molecule has 1 nitrogen and oxygen atoms in total. The lowest BCUT2D eigenvalue weighted by atomic mass is 10.1. The van der Waals surface area contributed by atoms with Crippen LogP contribution in [0.3, 0.4) is 0 Å². The molecule has 0 atom stereocenters. The summed E-state index contributed by atoms with van der Waals surface area (Å²) in [5.74, 6) is 0. The van der Waals surface area contributed by atoms with Gasteiger partial charge < -0.3 is 0 Å². The molecule has 0 heterocycles. The first-order chi connectivity index (χ1) is 7.27. The van der Waals surface area contributed by atoms with Gasteiger partial charge in [-0.1, -0.05) is 65.7 Å². The van der Waals surface area contributed by atoms with E-state index in [0.717, 1.165) is 6.42 Å². The van der Waals surface area contributed by atoms with Gasteiger partial charge in [0.05, 0.1) is 0 Å². The van der Waals surface area contributed by atoms with Crippen molar-refractivity contribution < 1.29 is 4.79 Å². The molecule has 0 fully saturated rings. The van der Waals surface area contributed by atoms with Gasteiger partial charge in [0.1, 0.15) is 0 Å². The molecule has 0 aromatic heterocycles. The lowest BCUT2D eigenvalue weighted by molar-refractivity contribution is -0.110. The maximum absolute atomic E-state index is 10.5. The highest BCUT2D eigenvalue weighted by atomic mass is 32.1. The van der Waals surface area contributed by atoms with E-state index in [9.17, 15) is 4.79 Å². The number of hydrogen-bond acceptors (Lipinski definition) is 1. The summed E-state index contributed by atoms with van der Waals surface area (Å²) < 4.78 is 0. The molecule has 0 bridgehead atoms. The summed E-state index contributed by atoms with van der Waals surface area (Å²) in [6.07, 6.45) is 10.9. The lowest BCUT2D eigenvalue weighted by Crippen LogP contribution is -1.86. The van der Waals surface area contributed by atoms with E-state index in [0.29, 0.717) is 6.42 Å². The van der Waals surface area contributed by atoms with Gasteiger partial charge in [0, 0.05) is 6.42 Å². The maximum atomic E-state index is 10.5. The van der Waals surface area contributed by atoms with Crippen LogP contribution in [0.4, 0.5) is 0 Å². The fraction of sp³-hybridized carbons (Fsp3) is 0.923.